The molecule has 0 aliphatic heterocycles. The van der Waals surface area contributed by atoms with Gasteiger partial charge in [-0.3, -0.25) is 24.0 Å². The highest BCUT2D eigenvalue weighted by Crippen LogP contribution is 2.11. The number of carboxylic acid groups (broad SMARTS) is 3. The van der Waals surface area contributed by atoms with Crippen molar-refractivity contribution in [2.24, 2.45) is 17.6 Å². The second-order valence-corrected chi connectivity index (χ2v) is 8.14. The Kier molecular flexibility index (Phi) is 12.7. The van der Waals surface area contributed by atoms with Gasteiger partial charge in [0.15, 0.2) is 0 Å². The lowest BCUT2D eigenvalue weighted by molar-refractivity contribution is -0.147. The van der Waals surface area contributed by atoms with Gasteiger partial charge in [0.25, 0.3) is 0 Å². The Labute approximate surface area is 191 Å². The van der Waals surface area contributed by atoms with Gasteiger partial charge in [-0.05, 0) is 18.3 Å². The van der Waals surface area contributed by atoms with E-state index in [-0.39, 0.29) is 18.8 Å². The molecule has 0 aliphatic carbocycles. The predicted octanol–water partition coefficient (Wildman–Crippen LogP) is -1.11. The summed E-state index contributed by atoms with van der Waals surface area (Å²) in [5, 5.41) is 33.8. The van der Waals surface area contributed by atoms with Crippen molar-refractivity contribution in [3.8, 4) is 0 Å². The molecule has 0 aromatic carbocycles. The molecule has 0 aromatic heterocycles. The lowest BCUT2D eigenvalue weighted by Crippen LogP contribution is -2.59. The fourth-order valence-corrected chi connectivity index (χ4v) is 2.79. The Morgan fingerprint density at radius 3 is 1.73 bits per heavy atom. The van der Waals surface area contributed by atoms with Gasteiger partial charge in [-0.15, -0.1) is 0 Å². The number of carboxylic acids is 3. The summed E-state index contributed by atoms with van der Waals surface area (Å²) < 4.78 is 0. The average molecular weight is 475 g/mol. The minimum Gasteiger partial charge on any atom is -0.481 e. The van der Waals surface area contributed by atoms with E-state index < -0.39 is 72.1 Å². The lowest BCUT2D eigenvalue weighted by atomic mass is 9.96. The molecular formula is C20H34N4O9. The van der Waals surface area contributed by atoms with Crippen molar-refractivity contribution < 1.29 is 44.1 Å². The van der Waals surface area contributed by atoms with Crippen LogP contribution in [-0.4, -0.2) is 75.1 Å². The zero-order chi connectivity index (χ0) is 25.9. The van der Waals surface area contributed by atoms with Gasteiger partial charge < -0.3 is 37.0 Å². The van der Waals surface area contributed by atoms with Crippen LogP contribution in [-0.2, 0) is 28.8 Å². The highest BCUT2D eigenvalue weighted by Gasteiger charge is 2.34. The van der Waals surface area contributed by atoms with Gasteiger partial charge in [-0.1, -0.05) is 34.1 Å². The summed E-state index contributed by atoms with van der Waals surface area (Å²) in [7, 11) is 0. The maximum atomic E-state index is 12.9. The molecule has 0 aromatic rings. The number of rotatable bonds is 15. The second kappa shape index (κ2) is 14.0. The van der Waals surface area contributed by atoms with Crippen molar-refractivity contribution in [3.63, 3.8) is 0 Å². The number of hydrogen-bond donors (Lipinski definition) is 7. The van der Waals surface area contributed by atoms with E-state index in [1.807, 2.05) is 0 Å². The number of carbonyl (C=O) groups excluding carboxylic acids is 3. The predicted molar refractivity (Wildman–Crippen MR) is 115 cm³/mol. The van der Waals surface area contributed by atoms with Crippen LogP contribution in [0.15, 0.2) is 0 Å². The van der Waals surface area contributed by atoms with Crippen molar-refractivity contribution in [1.29, 1.82) is 0 Å². The zero-order valence-corrected chi connectivity index (χ0v) is 19.2. The molecule has 0 bridgehead atoms. The first-order chi connectivity index (χ1) is 15.2. The van der Waals surface area contributed by atoms with Crippen LogP contribution in [0.5, 0.6) is 0 Å². The molecule has 0 saturated carbocycles. The maximum absolute atomic E-state index is 12.9. The Morgan fingerprint density at radius 2 is 1.30 bits per heavy atom. The minimum absolute atomic E-state index is 0.132. The highest BCUT2D eigenvalue weighted by atomic mass is 16.4. The number of hydrogen-bond acceptors (Lipinski definition) is 7. The maximum Gasteiger partial charge on any atom is 0.326 e. The van der Waals surface area contributed by atoms with Crippen LogP contribution in [0.25, 0.3) is 0 Å². The first kappa shape index (κ1) is 29.8. The Bertz CT molecular complexity index is 741. The smallest absolute Gasteiger partial charge is 0.326 e. The van der Waals surface area contributed by atoms with E-state index >= 15 is 0 Å². The fraction of sp³-hybridized carbons (Fsp3) is 0.700. The highest BCUT2D eigenvalue weighted by molar-refractivity contribution is 5.95. The number of carbonyl (C=O) groups is 6. The third-order valence-electron chi connectivity index (χ3n) is 5.04. The first-order valence-corrected chi connectivity index (χ1v) is 10.5. The summed E-state index contributed by atoms with van der Waals surface area (Å²) >= 11 is 0. The zero-order valence-electron chi connectivity index (χ0n) is 19.2. The Hall–Kier alpha value is -3.22. The molecule has 0 spiro atoms. The largest absolute Gasteiger partial charge is 0.481 e. The lowest BCUT2D eigenvalue weighted by Gasteiger charge is -2.29. The monoisotopic (exact) mass is 474 g/mol. The van der Waals surface area contributed by atoms with Gasteiger partial charge in [0, 0.05) is 6.42 Å². The van der Waals surface area contributed by atoms with Gasteiger partial charge in [0.1, 0.15) is 18.1 Å². The van der Waals surface area contributed by atoms with E-state index in [0.29, 0.717) is 6.42 Å². The number of amides is 3. The van der Waals surface area contributed by atoms with Crippen LogP contribution < -0.4 is 21.7 Å². The van der Waals surface area contributed by atoms with Gasteiger partial charge in [-0.25, -0.2) is 4.79 Å². The summed E-state index contributed by atoms with van der Waals surface area (Å²) in [4.78, 5) is 70.7. The molecule has 0 saturated heterocycles. The molecule has 5 unspecified atom stereocenters. The van der Waals surface area contributed by atoms with E-state index in [2.05, 4.69) is 16.0 Å². The van der Waals surface area contributed by atoms with E-state index in [4.69, 9.17) is 21.1 Å². The number of nitrogens with two attached hydrogens (primary N) is 1. The van der Waals surface area contributed by atoms with E-state index in [9.17, 15) is 28.8 Å². The quantitative estimate of drug-likeness (QED) is 0.151. The number of nitrogens with one attached hydrogen (secondary N) is 3. The Morgan fingerprint density at radius 1 is 0.788 bits per heavy atom. The van der Waals surface area contributed by atoms with Crippen LogP contribution in [0.3, 0.4) is 0 Å². The van der Waals surface area contributed by atoms with Crippen LogP contribution >= 0.6 is 0 Å². The fourth-order valence-electron chi connectivity index (χ4n) is 2.79. The van der Waals surface area contributed by atoms with E-state index in [1.165, 1.54) is 0 Å². The Balaban J connectivity index is 5.46. The average Bonchev–Trinajstić information content (AvgIpc) is 2.71. The van der Waals surface area contributed by atoms with Crippen molar-refractivity contribution >= 4 is 35.6 Å². The molecule has 0 rings (SSSR count). The summed E-state index contributed by atoms with van der Waals surface area (Å²) in [6.07, 6.45) is -0.834. The van der Waals surface area contributed by atoms with Crippen molar-refractivity contribution in [3.05, 3.63) is 0 Å². The topological polar surface area (TPSA) is 225 Å². The molecule has 13 heteroatoms. The van der Waals surface area contributed by atoms with Gasteiger partial charge >= 0.3 is 17.9 Å². The van der Waals surface area contributed by atoms with Crippen LogP contribution in [0.2, 0.25) is 0 Å². The van der Waals surface area contributed by atoms with E-state index in [0.717, 1.165) is 0 Å². The minimum atomic E-state index is -1.69. The van der Waals surface area contributed by atoms with Crippen LogP contribution in [0.4, 0.5) is 0 Å². The molecule has 33 heavy (non-hydrogen) atoms. The molecule has 0 fully saturated rings. The summed E-state index contributed by atoms with van der Waals surface area (Å²) in [6.45, 7) is 6.65. The van der Waals surface area contributed by atoms with Crippen molar-refractivity contribution in [2.75, 3.05) is 0 Å². The second-order valence-electron chi connectivity index (χ2n) is 8.14. The molecule has 0 radical (unpaired) electrons. The molecule has 188 valence electrons. The van der Waals surface area contributed by atoms with E-state index in [1.54, 1.807) is 27.7 Å². The number of aliphatic carboxylic acids is 3. The normalized spacial score (nSPS) is 15.5. The molecule has 3 amide bonds. The standard InChI is InChI=1S/C20H34N4O9/c1-5-10(4)16(24-17(29)11(21)6-7-13(25)26)19(31)23-15(9(2)3)18(30)22-12(20(32)33)8-14(27)28/h9-12,15-16H,5-8,21H2,1-4H3,(H,22,30)(H,23,31)(H,24,29)(H,25,26)(H,27,28)(H,32,33). The third-order valence-corrected chi connectivity index (χ3v) is 5.04. The molecule has 8 N–H and O–H groups in total. The summed E-state index contributed by atoms with van der Waals surface area (Å²) in [5.74, 6) is -7.31. The SMILES string of the molecule is CCC(C)C(NC(=O)C(N)CCC(=O)O)C(=O)NC(C(=O)NC(CC(=O)O)C(=O)O)C(C)C. The van der Waals surface area contributed by atoms with Crippen LogP contribution in [0, 0.1) is 11.8 Å². The summed E-state index contributed by atoms with van der Waals surface area (Å²) in [5.41, 5.74) is 5.70. The molecule has 5 atom stereocenters. The molecule has 13 nitrogen and oxygen atoms in total. The molecular weight excluding hydrogens is 440 g/mol. The molecule has 0 heterocycles. The third kappa shape index (κ3) is 10.8. The van der Waals surface area contributed by atoms with Gasteiger partial charge in [0.05, 0.1) is 12.5 Å². The van der Waals surface area contributed by atoms with Crippen molar-refractivity contribution in [1.82, 2.24) is 16.0 Å². The van der Waals surface area contributed by atoms with Gasteiger partial charge in [0.2, 0.25) is 17.7 Å². The first-order valence-electron chi connectivity index (χ1n) is 10.5. The van der Waals surface area contributed by atoms with Crippen molar-refractivity contribution in [2.45, 2.75) is 77.5 Å². The molecule has 0 aliphatic rings. The van der Waals surface area contributed by atoms with Crippen LogP contribution in [0.1, 0.15) is 53.4 Å². The van der Waals surface area contributed by atoms with Gasteiger partial charge in [-0.2, -0.15) is 0 Å². The summed E-state index contributed by atoms with van der Waals surface area (Å²) in [6, 6.07) is -5.15.